The second-order valence-corrected chi connectivity index (χ2v) is 2.80. The van der Waals surface area contributed by atoms with E-state index in [9.17, 15) is 4.79 Å². The maximum absolute atomic E-state index is 9.43. The van der Waals surface area contributed by atoms with Crippen molar-refractivity contribution in [1.29, 1.82) is 0 Å². The van der Waals surface area contributed by atoms with Gasteiger partial charge in [0, 0.05) is 14.1 Å². The molecule has 0 aromatic carbocycles. The van der Waals surface area contributed by atoms with Gasteiger partial charge >= 0.3 is 0 Å². The summed E-state index contributed by atoms with van der Waals surface area (Å²) in [6, 6.07) is 0. The number of carbonyl (C=O) groups is 1. The summed E-state index contributed by atoms with van der Waals surface area (Å²) in [5.74, 6) is 4.42. The van der Waals surface area contributed by atoms with Crippen LogP contribution in [0.5, 0.6) is 0 Å². The van der Waals surface area contributed by atoms with Gasteiger partial charge in [0.2, 0.25) is 6.41 Å². The predicted molar refractivity (Wildman–Crippen MR) is 37.2 cm³/mol. The van der Waals surface area contributed by atoms with Gasteiger partial charge in [0.05, 0.1) is 0 Å². The van der Waals surface area contributed by atoms with Gasteiger partial charge in [-0.1, -0.05) is 0 Å². The van der Waals surface area contributed by atoms with Crippen LogP contribution in [0, 0.1) is 0 Å². The Bertz CT molecular complexity index is 47.7. The zero-order valence-corrected chi connectivity index (χ0v) is 7.16. The first-order valence-corrected chi connectivity index (χ1v) is 4.85. The molecule has 0 spiro atoms. The van der Waals surface area contributed by atoms with Crippen LogP contribution in [0.3, 0.4) is 0 Å². The smallest absolute Gasteiger partial charge is 0.209 e. The van der Waals surface area contributed by atoms with Crippen molar-refractivity contribution in [2.75, 3.05) is 14.1 Å². The Kier molecular flexibility index (Phi) is 13.7. The lowest BCUT2D eigenvalue weighted by Gasteiger charge is -1.93. The number of nitrogens with zero attached hydrogens (tertiary/aromatic N) is 1. The molecular weight excluding hydrogens is 117 g/mol. The van der Waals surface area contributed by atoms with Crippen LogP contribution < -0.4 is 0 Å². The topological polar surface area (TPSA) is 20.3 Å². The first kappa shape index (κ1) is 10.9. The summed E-state index contributed by atoms with van der Waals surface area (Å²) in [6.45, 7) is 0. The first-order chi connectivity index (χ1) is 3.68. The molecular formula is C5H13AlNO. The zero-order valence-electron chi connectivity index (χ0n) is 6.01. The molecule has 0 N–H and O–H groups in total. The molecule has 0 aromatic heterocycles. The van der Waals surface area contributed by atoms with Crippen molar-refractivity contribution in [3.63, 3.8) is 0 Å². The minimum absolute atomic E-state index is 0.750. The highest BCUT2D eigenvalue weighted by Gasteiger charge is 1.68. The average Bonchev–Trinajstić information content (AvgIpc) is 1.69. The molecule has 0 atom stereocenters. The Balaban J connectivity index is 0. The molecule has 1 amide bonds. The normalized spacial score (nSPS) is 6.00. The lowest BCUT2D eigenvalue weighted by atomic mass is 11.0. The quantitative estimate of drug-likeness (QED) is 0.373. The van der Waals surface area contributed by atoms with Crippen molar-refractivity contribution in [3.05, 3.63) is 0 Å². The summed E-state index contributed by atoms with van der Waals surface area (Å²) in [4.78, 5) is 10.9. The molecule has 0 bridgehead atoms. The molecule has 0 heterocycles. The molecule has 0 saturated heterocycles. The van der Waals surface area contributed by atoms with Crippen LogP contribution in [0.4, 0.5) is 0 Å². The van der Waals surface area contributed by atoms with Gasteiger partial charge in [-0.05, 0) is 0 Å². The fourth-order valence-electron chi connectivity index (χ4n) is 0. The number of amides is 1. The molecule has 0 fully saturated rings. The van der Waals surface area contributed by atoms with Crippen LogP contribution in [-0.2, 0) is 4.79 Å². The summed E-state index contributed by atoms with van der Waals surface area (Å²) in [5, 5.41) is 0. The Morgan fingerprint density at radius 2 is 1.50 bits per heavy atom. The van der Waals surface area contributed by atoms with E-state index < -0.39 is 0 Å². The van der Waals surface area contributed by atoms with Crippen LogP contribution in [-0.4, -0.2) is 40.6 Å². The minimum Gasteiger partial charge on any atom is -0.351 e. The van der Waals surface area contributed by atoms with Gasteiger partial charge < -0.3 is 4.90 Å². The summed E-state index contributed by atoms with van der Waals surface area (Å²) in [6.07, 6.45) is 0.750. The zero-order chi connectivity index (χ0) is 6.99. The van der Waals surface area contributed by atoms with E-state index in [0.717, 1.165) is 21.6 Å². The van der Waals surface area contributed by atoms with Crippen molar-refractivity contribution < 1.29 is 4.79 Å². The van der Waals surface area contributed by atoms with Crippen molar-refractivity contribution in [2.45, 2.75) is 11.6 Å². The molecule has 0 aliphatic heterocycles. The Morgan fingerprint density at radius 3 is 1.50 bits per heavy atom. The van der Waals surface area contributed by atoms with Crippen LogP contribution in [0.25, 0.3) is 0 Å². The Labute approximate surface area is 57.6 Å². The molecule has 0 unspecified atom stereocenters. The largest absolute Gasteiger partial charge is 0.351 e. The predicted octanol–water partition coefficient (Wildman–Crippen LogP) is 0.491. The maximum Gasteiger partial charge on any atom is 0.209 e. The van der Waals surface area contributed by atoms with Crippen molar-refractivity contribution in [1.82, 2.24) is 4.90 Å². The number of carbonyl (C=O) groups excluding carboxylic acids is 1. The van der Waals surface area contributed by atoms with E-state index in [2.05, 4.69) is 11.6 Å². The number of hydrogen-bond acceptors (Lipinski definition) is 1. The summed E-state index contributed by atoms with van der Waals surface area (Å²) >= 11 is 0.750. The third-order valence-corrected chi connectivity index (χ3v) is 0.211. The van der Waals surface area contributed by atoms with Crippen molar-refractivity contribution >= 4 is 21.6 Å². The Morgan fingerprint density at radius 1 is 1.38 bits per heavy atom. The lowest BCUT2D eigenvalue weighted by Crippen LogP contribution is -2.06. The van der Waals surface area contributed by atoms with E-state index in [1.165, 1.54) is 4.90 Å². The molecule has 2 nitrogen and oxygen atoms in total. The third-order valence-electron chi connectivity index (χ3n) is 0.211. The van der Waals surface area contributed by atoms with E-state index in [1.54, 1.807) is 14.1 Å². The van der Waals surface area contributed by atoms with Gasteiger partial charge in [0.15, 0.2) is 15.2 Å². The average molecular weight is 130 g/mol. The standard InChI is InChI=1S/C3H7NO.2CH3.Al/c1-4(2)3-5;;;/h3H,1-2H3;2*1H3;. The Hall–Kier alpha value is 0.00247. The summed E-state index contributed by atoms with van der Waals surface area (Å²) in [5.41, 5.74) is 0. The van der Waals surface area contributed by atoms with Crippen LogP contribution in [0.15, 0.2) is 0 Å². The summed E-state index contributed by atoms with van der Waals surface area (Å²) < 4.78 is 0. The highest BCUT2D eigenvalue weighted by molar-refractivity contribution is 6.31. The molecule has 3 heteroatoms. The monoisotopic (exact) mass is 130 g/mol. The molecule has 47 valence electrons. The number of hydrogen-bond donors (Lipinski definition) is 0. The second kappa shape index (κ2) is 10.1. The highest BCUT2D eigenvalue weighted by atomic mass is 27.1. The van der Waals surface area contributed by atoms with Gasteiger partial charge in [0.25, 0.3) is 0 Å². The fourth-order valence-corrected chi connectivity index (χ4v) is 0. The summed E-state index contributed by atoms with van der Waals surface area (Å²) in [7, 11) is 3.38. The van der Waals surface area contributed by atoms with Crippen molar-refractivity contribution in [2.24, 2.45) is 0 Å². The van der Waals surface area contributed by atoms with Crippen LogP contribution in [0.2, 0.25) is 11.6 Å². The molecule has 0 rings (SSSR count). The molecule has 0 aliphatic rings. The van der Waals surface area contributed by atoms with E-state index in [0.29, 0.717) is 0 Å². The highest BCUT2D eigenvalue weighted by Crippen LogP contribution is 1.52. The second-order valence-electron chi connectivity index (χ2n) is 1.65. The van der Waals surface area contributed by atoms with E-state index >= 15 is 0 Å². The lowest BCUT2D eigenvalue weighted by molar-refractivity contribution is -0.115. The molecule has 0 aliphatic carbocycles. The van der Waals surface area contributed by atoms with Gasteiger partial charge in [-0.15, -0.1) is 11.6 Å². The fraction of sp³-hybridized carbons (Fsp3) is 0.800. The third kappa shape index (κ3) is 37.5. The van der Waals surface area contributed by atoms with Gasteiger partial charge in [-0.3, -0.25) is 4.79 Å². The van der Waals surface area contributed by atoms with Crippen molar-refractivity contribution in [3.8, 4) is 0 Å². The van der Waals surface area contributed by atoms with Gasteiger partial charge in [-0.2, -0.15) is 0 Å². The van der Waals surface area contributed by atoms with E-state index in [1.807, 2.05) is 0 Å². The minimum atomic E-state index is 0.750. The molecule has 8 heavy (non-hydrogen) atoms. The number of rotatable bonds is 1. The first-order valence-electron chi connectivity index (χ1n) is 2.54. The van der Waals surface area contributed by atoms with E-state index in [-0.39, 0.29) is 0 Å². The van der Waals surface area contributed by atoms with E-state index in [4.69, 9.17) is 0 Å². The van der Waals surface area contributed by atoms with Crippen LogP contribution >= 0.6 is 0 Å². The van der Waals surface area contributed by atoms with Gasteiger partial charge in [0.1, 0.15) is 0 Å². The van der Waals surface area contributed by atoms with Crippen LogP contribution in [0.1, 0.15) is 0 Å². The maximum atomic E-state index is 9.43. The molecule has 1 radical (unpaired) electrons. The molecule has 0 aromatic rings. The SMILES string of the molecule is CN(C)C=O.[CH3][Al][CH3]. The molecule has 0 saturated carbocycles. The van der Waals surface area contributed by atoms with Gasteiger partial charge in [-0.25, -0.2) is 0 Å².